The van der Waals surface area contributed by atoms with E-state index < -0.39 is 19.5 Å². The zero-order valence-corrected chi connectivity index (χ0v) is 21.1. The van der Waals surface area contributed by atoms with Crippen molar-refractivity contribution in [1.29, 1.82) is 0 Å². The third-order valence-electron chi connectivity index (χ3n) is 5.56. The van der Waals surface area contributed by atoms with Crippen molar-refractivity contribution in [2.24, 2.45) is 0 Å². The van der Waals surface area contributed by atoms with Crippen molar-refractivity contribution < 1.29 is 23.1 Å². The first-order chi connectivity index (χ1) is 17.4. The summed E-state index contributed by atoms with van der Waals surface area (Å²) >= 11 is 0. The number of para-hydroxylation sites is 2. The Morgan fingerprint density at radius 1 is 0.972 bits per heavy atom. The maximum atomic E-state index is 14.1. The second-order valence-corrected chi connectivity index (χ2v) is 9.83. The van der Waals surface area contributed by atoms with E-state index in [2.05, 4.69) is 11.9 Å². The lowest BCUT2D eigenvalue weighted by molar-refractivity contribution is -0.580. The van der Waals surface area contributed by atoms with Crippen molar-refractivity contribution in [3.8, 4) is 11.5 Å². The predicted octanol–water partition coefficient (Wildman–Crippen LogP) is 6.60. The van der Waals surface area contributed by atoms with E-state index in [1.54, 1.807) is 97.1 Å². The van der Waals surface area contributed by atoms with Gasteiger partial charge in [-0.05, 0) is 42.8 Å². The molecule has 0 bridgehead atoms. The van der Waals surface area contributed by atoms with E-state index >= 15 is 0 Å². The highest BCUT2D eigenvalue weighted by Crippen LogP contribution is 2.55. The zero-order chi connectivity index (χ0) is 25.9. The van der Waals surface area contributed by atoms with E-state index in [-0.39, 0.29) is 22.8 Å². The number of nitrogens with zero attached hydrogens (tertiary/aromatic N) is 1. The van der Waals surface area contributed by atoms with Gasteiger partial charge in [-0.1, -0.05) is 72.8 Å². The number of benzene rings is 3. The van der Waals surface area contributed by atoms with Crippen LogP contribution in [0.15, 0.2) is 104 Å². The van der Waals surface area contributed by atoms with Crippen LogP contribution in [0, 0.1) is 10.1 Å². The fourth-order valence-electron chi connectivity index (χ4n) is 3.67. The van der Waals surface area contributed by atoms with Crippen molar-refractivity contribution in [3.05, 3.63) is 119 Å². The smallest absolute Gasteiger partial charge is 0.395 e. The first-order valence-corrected chi connectivity index (χ1v) is 13.1. The summed E-state index contributed by atoms with van der Waals surface area (Å²) in [6, 6.07) is 25.6. The van der Waals surface area contributed by atoms with Crippen molar-refractivity contribution in [1.82, 2.24) is 5.32 Å². The van der Waals surface area contributed by atoms with Crippen molar-refractivity contribution in [2.45, 2.75) is 31.4 Å². The van der Waals surface area contributed by atoms with Crippen LogP contribution in [0.3, 0.4) is 0 Å². The Morgan fingerprint density at radius 3 is 1.94 bits per heavy atom. The SMILES string of the molecule is C=CCNCCCC(C)(C(OP(=O)(Oc1ccccc1)Oc1ccccc1)c1ccccc1)[N+](=O)[O-]. The summed E-state index contributed by atoms with van der Waals surface area (Å²) in [7, 11) is -4.40. The molecule has 2 unspecified atom stereocenters. The molecule has 0 saturated heterocycles. The molecule has 0 heterocycles. The van der Waals surface area contributed by atoms with Gasteiger partial charge < -0.3 is 14.4 Å². The number of rotatable bonds is 15. The van der Waals surface area contributed by atoms with E-state index in [0.717, 1.165) is 0 Å². The molecule has 0 aromatic heterocycles. The summed E-state index contributed by atoms with van der Waals surface area (Å²) in [5, 5.41) is 15.6. The zero-order valence-electron chi connectivity index (χ0n) is 20.2. The molecule has 0 aliphatic heterocycles. The van der Waals surface area contributed by atoms with Crippen molar-refractivity contribution in [3.63, 3.8) is 0 Å². The molecule has 0 aliphatic rings. The van der Waals surface area contributed by atoms with E-state index in [4.69, 9.17) is 13.6 Å². The molecule has 0 aliphatic carbocycles. The van der Waals surface area contributed by atoms with Gasteiger partial charge in [0.1, 0.15) is 11.5 Å². The quantitative estimate of drug-likeness (QED) is 0.0808. The molecule has 3 aromatic carbocycles. The van der Waals surface area contributed by atoms with Crippen LogP contribution in [0.5, 0.6) is 11.5 Å². The van der Waals surface area contributed by atoms with Crippen LogP contribution in [-0.4, -0.2) is 23.6 Å². The van der Waals surface area contributed by atoms with Crippen molar-refractivity contribution >= 4 is 7.82 Å². The van der Waals surface area contributed by atoms with Crippen LogP contribution in [0.25, 0.3) is 0 Å². The Bertz CT molecular complexity index is 1100. The summed E-state index contributed by atoms with van der Waals surface area (Å²) in [6.45, 7) is 6.30. The van der Waals surface area contributed by atoms with Gasteiger partial charge in [-0.2, -0.15) is 0 Å². The largest absolute Gasteiger partial charge is 0.588 e. The second kappa shape index (κ2) is 13.0. The third-order valence-corrected chi connectivity index (χ3v) is 6.90. The molecule has 0 amide bonds. The molecule has 3 rings (SSSR count). The summed E-state index contributed by atoms with van der Waals surface area (Å²) in [5.74, 6) is 0.500. The number of hydrogen-bond donors (Lipinski definition) is 1. The lowest BCUT2D eigenvalue weighted by Crippen LogP contribution is -2.43. The van der Waals surface area contributed by atoms with Gasteiger partial charge in [0.2, 0.25) is 5.54 Å². The average molecular weight is 511 g/mol. The lowest BCUT2D eigenvalue weighted by atomic mass is 9.86. The normalized spacial score (nSPS) is 13.8. The van der Waals surface area contributed by atoms with Crippen LogP contribution < -0.4 is 14.4 Å². The van der Waals surface area contributed by atoms with E-state index in [0.29, 0.717) is 25.1 Å². The van der Waals surface area contributed by atoms with Crippen LogP contribution >= 0.6 is 7.82 Å². The molecular formula is C27H31N2O6P. The topological polar surface area (TPSA) is 99.9 Å². The number of nitrogens with one attached hydrogen (secondary N) is 1. The lowest BCUT2D eigenvalue weighted by Gasteiger charge is -2.32. The van der Waals surface area contributed by atoms with Crippen LogP contribution in [-0.2, 0) is 9.09 Å². The van der Waals surface area contributed by atoms with Gasteiger partial charge in [0.25, 0.3) is 0 Å². The molecule has 0 fully saturated rings. The Labute approximate surface area is 211 Å². The molecule has 2 atom stereocenters. The standard InChI is InChI=1S/C27H31N2O6P/c1-3-21-28-22-13-20-27(2,29(30)31)26(23-14-7-4-8-15-23)35-36(32,33-24-16-9-5-10-17-24)34-25-18-11-6-12-19-25/h3-12,14-19,26,28H,1,13,20-22H2,2H3. The van der Waals surface area contributed by atoms with Gasteiger partial charge >= 0.3 is 7.82 Å². The summed E-state index contributed by atoms with van der Waals surface area (Å²) in [4.78, 5) is 12.1. The molecule has 8 nitrogen and oxygen atoms in total. The second-order valence-electron chi connectivity index (χ2n) is 8.36. The van der Waals surface area contributed by atoms with E-state index in [1.807, 2.05) is 0 Å². The summed E-state index contributed by atoms with van der Waals surface area (Å²) in [5.41, 5.74) is -1.14. The van der Waals surface area contributed by atoms with Gasteiger partial charge in [0.05, 0.1) is 0 Å². The maximum absolute atomic E-state index is 14.1. The third kappa shape index (κ3) is 7.52. The van der Waals surface area contributed by atoms with Crippen LogP contribution in [0.1, 0.15) is 31.4 Å². The minimum Gasteiger partial charge on any atom is -0.395 e. The van der Waals surface area contributed by atoms with Crippen LogP contribution in [0.2, 0.25) is 0 Å². The van der Waals surface area contributed by atoms with Gasteiger partial charge in [-0.3, -0.25) is 14.6 Å². The maximum Gasteiger partial charge on any atom is 0.588 e. The highest BCUT2D eigenvalue weighted by Gasteiger charge is 2.52. The number of phosphoric acid groups is 1. The number of nitro groups is 1. The Morgan fingerprint density at radius 2 is 1.47 bits per heavy atom. The Balaban J connectivity index is 1.99. The number of hydrogen-bond acceptors (Lipinski definition) is 7. The molecule has 0 spiro atoms. The summed E-state index contributed by atoms with van der Waals surface area (Å²) < 4.78 is 31.7. The predicted molar refractivity (Wildman–Crippen MR) is 140 cm³/mol. The van der Waals surface area contributed by atoms with E-state index in [1.165, 1.54) is 6.92 Å². The van der Waals surface area contributed by atoms with Crippen LogP contribution in [0.4, 0.5) is 0 Å². The van der Waals surface area contributed by atoms with Gasteiger partial charge in [-0.25, -0.2) is 4.57 Å². The molecule has 1 N–H and O–H groups in total. The molecule has 3 aromatic rings. The number of phosphoric ester groups is 1. The first kappa shape index (κ1) is 27.1. The molecule has 0 saturated carbocycles. The molecule has 0 radical (unpaired) electrons. The molecule has 9 heteroatoms. The first-order valence-electron chi connectivity index (χ1n) is 11.6. The molecule has 190 valence electrons. The monoisotopic (exact) mass is 510 g/mol. The molecule has 36 heavy (non-hydrogen) atoms. The Kier molecular flexibility index (Phi) is 9.82. The Hall–Kier alpha value is -3.45. The highest BCUT2D eigenvalue weighted by atomic mass is 31.2. The van der Waals surface area contributed by atoms with E-state index in [9.17, 15) is 14.7 Å². The highest BCUT2D eigenvalue weighted by molar-refractivity contribution is 7.49. The fourth-order valence-corrected chi connectivity index (χ4v) is 5.16. The van der Waals surface area contributed by atoms with Gasteiger partial charge in [0, 0.05) is 24.8 Å². The average Bonchev–Trinajstić information content (AvgIpc) is 2.88. The van der Waals surface area contributed by atoms with Gasteiger partial charge in [0.15, 0.2) is 6.10 Å². The molecular weight excluding hydrogens is 479 g/mol. The minimum atomic E-state index is -4.40. The fraction of sp³-hybridized carbons (Fsp3) is 0.259. The minimum absolute atomic E-state index is 0.153. The van der Waals surface area contributed by atoms with Gasteiger partial charge in [-0.15, -0.1) is 6.58 Å². The summed E-state index contributed by atoms with van der Waals surface area (Å²) in [6.07, 6.45) is 1.13. The van der Waals surface area contributed by atoms with Crippen molar-refractivity contribution in [2.75, 3.05) is 13.1 Å².